The molecule has 0 saturated carbocycles. The van der Waals surface area contributed by atoms with Crippen molar-refractivity contribution in [1.82, 2.24) is 15.2 Å². The smallest absolute Gasteiger partial charge is 0.246 e. The Hall–Kier alpha value is -2.36. The molecule has 8 heteroatoms. The molecule has 1 saturated heterocycles. The van der Waals surface area contributed by atoms with Crippen molar-refractivity contribution in [3.63, 3.8) is 0 Å². The maximum atomic E-state index is 12.7. The molecule has 0 radical (unpaired) electrons. The molecular formula is C21H26IN5O2. The van der Waals surface area contributed by atoms with E-state index in [0.29, 0.717) is 5.88 Å². The predicted molar refractivity (Wildman–Crippen MR) is 124 cm³/mol. The number of guanidine groups is 1. The molecule has 1 atom stereocenters. The minimum Gasteiger partial charge on any atom is -0.472 e. The highest BCUT2D eigenvalue weighted by molar-refractivity contribution is 14.0. The van der Waals surface area contributed by atoms with Crippen LogP contribution in [0.25, 0.3) is 0 Å². The van der Waals surface area contributed by atoms with Gasteiger partial charge >= 0.3 is 0 Å². The molecule has 1 aromatic carbocycles. The number of carbonyl (C=O) groups is 1. The van der Waals surface area contributed by atoms with Gasteiger partial charge < -0.3 is 19.9 Å². The third-order valence-corrected chi connectivity index (χ3v) is 5.17. The van der Waals surface area contributed by atoms with Gasteiger partial charge in [0.05, 0.1) is 13.1 Å². The zero-order chi connectivity index (χ0) is 19.3. The summed E-state index contributed by atoms with van der Waals surface area (Å²) in [6, 6.07) is 13.7. The van der Waals surface area contributed by atoms with E-state index in [0.717, 1.165) is 44.1 Å². The standard InChI is InChI=1S/C21H25N5O2.HI/c1-22-21(25-12-10-17(15-25)28-19-8-4-5-11-23-19)24-14-20(27)26-13-9-16-6-2-3-7-18(16)26;/h2-8,11,17H,9-10,12-15H2,1H3,(H,22,24);1H. The van der Waals surface area contributed by atoms with Crippen molar-refractivity contribution in [2.75, 3.05) is 38.1 Å². The van der Waals surface area contributed by atoms with E-state index in [2.05, 4.69) is 26.3 Å². The number of nitrogens with zero attached hydrogens (tertiary/aromatic N) is 4. The van der Waals surface area contributed by atoms with Gasteiger partial charge in [0.2, 0.25) is 11.8 Å². The summed E-state index contributed by atoms with van der Waals surface area (Å²) in [6.07, 6.45) is 3.60. The first kappa shape index (κ1) is 21.4. The van der Waals surface area contributed by atoms with Gasteiger partial charge in [0.25, 0.3) is 0 Å². The lowest BCUT2D eigenvalue weighted by Gasteiger charge is -2.23. The average molecular weight is 507 g/mol. The van der Waals surface area contributed by atoms with Gasteiger partial charge in [0, 0.05) is 44.5 Å². The van der Waals surface area contributed by atoms with Crippen molar-refractivity contribution >= 4 is 41.5 Å². The second-order valence-electron chi connectivity index (χ2n) is 6.97. The van der Waals surface area contributed by atoms with Gasteiger partial charge in [0.1, 0.15) is 6.10 Å². The molecule has 3 heterocycles. The Balaban J connectivity index is 0.00000240. The molecule has 2 aliphatic heterocycles. The summed E-state index contributed by atoms with van der Waals surface area (Å²) in [7, 11) is 1.74. The molecule has 1 fully saturated rings. The number of aliphatic imine (C=N–C) groups is 1. The summed E-state index contributed by atoms with van der Waals surface area (Å²) in [5.74, 6) is 1.43. The lowest BCUT2D eigenvalue weighted by Crippen LogP contribution is -2.46. The number of halogens is 1. The largest absolute Gasteiger partial charge is 0.472 e. The molecule has 1 aromatic heterocycles. The van der Waals surface area contributed by atoms with Crippen LogP contribution in [0.4, 0.5) is 5.69 Å². The Morgan fingerprint density at radius 3 is 2.86 bits per heavy atom. The van der Waals surface area contributed by atoms with Crippen LogP contribution in [0, 0.1) is 0 Å². The lowest BCUT2D eigenvalue weighted by atomic mass is 10.2. The molecule has 29 heavy (non-hydrogen) atoms. The number of ether oxygens (including phenoxy) is 1. The molecule has 0 spiro atoms. The number of hydrogen-bond acceptors (Lipinski definition) is 4. The van der Waals surface area contributed by atoms with E-state index in [4.69, 9.17) is 4.74 Å². The summed E-state index contributed by atoms with van der Waals surface area (Å²) in [5, 5.41) is 3.22. The number of amides is 1. The number of likely N-dealkylation sites (tertiary alicyclic amines) is 1. The molecule has 1 amide bonds. The fourth-order valence-corrected chi connectivity index (χ4v) is 3.78. The van der Waals surface area contributed by atoms with Crippen LogP contribution in [0.5, 0.6) is 5.88 Å². The molecule has 2 aromatic rings. The summed E-state index contributed by atoms with van der Waals surface area (Å²) in [6.45, 7) is 2.51. The highest BCUT2D eigenvalue weighted by Gasteiger charge is 2.28. The topological polar surface area (TPSA) is 70.1 Å². The van der Waals surface area contributed by atoms with Gasteiger partial charge in [-0.3, -0.25) is 9.79 Å². The Morgan fingerprint density at radius 1 is 1.24 bits per heavy atom. The SMILES string of the molecule is CN=C(NCC(=O)N1CCc2ccccc21)N1CCC(Oc2ccccn2)C1.I. The lowest BCUT2D eigenvalue weighted by molar-refractivity contribution is -0.117. The van der Waals surface area contributed by atoms with Crippen LogP contribution in [0.15, 0.2) is 53.7 Å². The highest BCUT2D eigenvalue weighted by Crippen LogP contribution is 2.27. The Bertz CT molecular complexity index is 861. The molecule has 1 N–H and O–H groups in total. The first-order valence-corrected chi connectivity index (χ1v) is 9.66. The molecule has 0 bridgehead atoms. The van der Waals surface area contributed by atoms with Crippen molar-refractivity contribution < 1.29 is 9.53 Å². The van der Waals surface area contributed by atoms with Crippen molar-refractivity contribution in [3.8, 4) is 5.88 Å². The summed E-state index contributed by atoms with van der Waals surface area (Å²) >= 11 is 0. The van der Waals surface area contributed by atoms with Crippen LogP contribution < -0.4 is 15.0 Å². The molecule has 0 aliphatic carbocycles. The van der Waals surface area contributed by atoms with Gasteiger partial charge in [-0.15, -0.1) is 24.0 Å². The minimum absolute atomic E-state index is 0. The maximum Gasteiger partial charge on any atom is 0.246 e. The normalized spacial score (nSPS) is 18.2. The Labute approximate surface area is 188 Å². The third-order valence-electron chi connectivity index (χ3n) is 5.17. The first-order valence-electron chi connectivity index (χ1n) is 9.66. The second-order valence-corrected chi connectivity index (χ2v) is 6.97. The van der Waals surface area contributed by atoms with Crippen LogP contribution in [0.3, 0.4) is 0 Å². The number of carbonyl (C=O) groups excluding carboxylic acids is 1. The van der Waals surface area contributed by atoms with E-state index >= 15 is 0 Å². The number of hydrogen-bond donors (Lipinski definition) is 1. The van der Waals surface area contributed by atoms with Crippen LogP contribution in [0.1, 0.15) is 12.0 Å². The Kier molecular flexibility index (Phi) is 7.29. The van der Waals surface area contributed by atoms with Crippen molar-refractivity contribution in [2.45, 2.75) is 18.9 Å². The predicted octanol–water partition coefficient (Wildman–Crippen LogP) is 2.32. The van der Waals surface area contributed by atoms with Crippen LogP contribution in [0.2, 0.25) is 0 Å². The number of para-hydroxylation sites is 1. The monoisotopic (exact) mass is 507 g/mol. The number of nitrogens with one attached hydrogen (secondary N) is 1. The van der Waals surface area contributed by atoms with Crippen LogP contribution in [-0.2, 0) is 11.2 Å². The number of anilines is 1. The second kappa shape index (κ2) is 9.91. The van der Waals surface area contributed by atoms with Crippen molar-refractivity contribution in [1.29, 1.82) is 0 Å². The first-order chi connectivity index (χ1) is 13.7. The van der Waals surface area contributed by atoms with Crippen molar-refractivity contribution in [2.24, 2.45) is 4.99 Å². The van der Waals surface area contributed by atoms with Crippen molar-refractivity contribution in [3.05, 3.63) is 54.2 Å². The third kappa shape index (κ3) is 4.98. The number of aromatic nitrogens is 1. The molecule has 7 nitrogen and oxygen atoms in total. The molecule has 1 unspecified atom stereocenters. The molecule has 4 rings (SSSR count). The van der Waals surface area contributed by atoms with Gasteiger partial charge in [-0.25, -0.2) is 4.98 Å². The van der Waals surface area contributed by atoms with E-state index in [-0.39, 0.29) is 42.5 Å². The number of benzene rings is 1. The van der Waals surface area contributed by atoms with Gasteiger partial charge in [0.15, 0.2) is 5.96 Å². The van der Waals surface area contributed by atoms with E-state index in [1.807, 2.05) is 41.3 Å². The fourth-order valence-electron chi connectivity index (χ4n) is 3.78. The summed E-state index contributed by atoms with van der Waals surface area (Å²) in [4.78, 5) is 25.2. The quantitative estimate of drug-likeness (QED) is 0.391. The minimum atomic E-state index is 0. The number of rotatable bonds is 4. The zero-order valence-corrected chi connectivity index (χ0v) is 18.8. The van der Waals surface area contributed by atoms with Gasteiger partial charge in [-0.1, -0.05) is 24.3 Å². The van der Waals surface area contributed by atoms with E-state index < -0.39 is 0 Å². The van der Waals surface area contributed by atoms with E-state index in [1.165, 1.54) is 5.56 Å². The number of fused-ring (bicyclic) bond motifs is 1. The van der Waals surface area contributed by atoms with Crippen LogP contribution in [-0.4, -0.2) is 61.1 Å². The molecular weight excluding hydrogens is 481 g/mol. The Morgan fingerprint density at radius 2 is 2.07 bits per heavy atom. The summed E-state index contributed by atoms with van der Waals surface area (Å²) < 4.78 is 5.94. The number of pyridine rings is 1. The van der Waals surface area contributed by atoms with E-state index in [9.17, 15) is 4.79 Å². The zero-order valence-electron chi connectivity index (χ0n) is 16.5. The maximum absolute atomic E-state index is 12.7. The van der Waals surface area contributed by atoms with Crippen LogP contribution >= 0.6 is 24.0 Å². The molecule has 2 aliphatic rings. The fraction of sp³-hybridized carbons (Fsp3) is 0.381. The highest BCUT2D eigenvalue weighted by atomic mass is 127. The van der Waals surface area contributed by atoms with E-state index in [1.54, 1.807) is 13.2 Å². The average Bonchev–Trinajstić information content (AvgIpc) is 3.36. The van der Waals surface area contributed by atoms with Gasteiger partial charge in [-0.05, 0) is 24.1 Å². The van der Waals surface area contributed by atoms with Gasteiger partial charge in [-0.2, -0.15) is 0 Å². The summed E-state index contributed by atoms with van der Waals surface area (Å²) in [5.41, 5.74) is 2.25. The molecule has 154 valence electrons.